The number of rotatable bonds is 10. The van der Waals surface area contributed by atoms with Crippen molar-refractivity contribution in [3.05, 3.63) is 59.2 Å². The molecule has 1 aliphatic heterocycles. The Morgan fingerprint density at radius 1 is 1.25 bits per heavy atom. The molecule has 0 saturated carbocycles. The molecular formula is C21H24F2N2O5S2. The Morgan fingerprint density at radius 2 is 2.03 bits per heavy atom. The lowest BCUT2D eigenvalue weighted by Crippen LogP contribution is -2.47. The average molecular weight is 487 g/mol. The number of nitrogens with one attached hydrogen (secondary N) is 2. The highest BCUT2D eigenvalue weighted by atomic mass is 32.2. The molecule has 7 nitrogen and oxygen atoms in total. The van der Waals surface area contributed by atoms with Gasteiger partial charge in [-0.1, -0.05) is 12.1 Å². The Labute approximate surface area is 189 Å². The van der Waals surface area contributed by atoms with Crippen molar-refractivity contribution in [2.24, 2.45) is 0 Å². The van der Waals surface area contributed by atoms with Crippen molar-refractivity contribution >= 4 is 27.7 Å². The smallest absolute Gasteiger partial charge is 0.244 e. The molecule has 174 valence electrons. The summed E-state index contributed by atoms with van der Waals surface area (Å²) in [4.78, 5) is 12.2. The Morgan fingerprint density at radius 3 is 2.78 bits per heavy atom. The van der Waals surface area contributed by atoms with Crippen LogP contribution in [0.15, 0.2) is 41.3 Å². The summed E-state index contributed by atoms with van der Waals surface area (Å²) in [5.74, 6) is -0.832. The summed E-state index contributed by atoms with van der Waals surface area (Å²) >= 11 is 1.45. The van der Waals surface area contributed by atoms with Gasteiger partial charge in [0.15, 0.2) is 6.79 Å². The standard InChI is InChI=1S/C21H24F2N2O5S2/c1-31-9-7-18(25-32(27,28)19-5-3-2-4-17(19)23)21(26)24-8-6-14-10-16(22)11-15-12-29-13-30-20(14)15/h2-5,10-11,18,25H,6-9,12-13H2,1H3,(H,24,26). The molecule has 0 spiro atoms. The van der Waals surface area contributed by atoms with Crippen LogP contribution in [0.5, 0.6) is 5.75 Å². The van der Waals surface area contributed by atoms with Gasteiger partial charge in [0, 0.05) is 12.1 Å². The van der Waals surface area contributed by atoms with Gasteiger partial charge in [-0.3, -0.25) is 4.79 Å². The molecular weight excluding hydrogens is 462 g/mol. The molecule has 0 saturated heterocycles. The molecule has 1 unspecified atom stereocenters. The van der Waals surface area contributed by atoms with E-state index in [9.17, 15) is 22.0 Å². The van der Waals surface area contributed by atoms with Crippen molar-refractivity contribution in [2.45, 2.75) is 30.4 Å². The summed E-state index contributed by atoms with van der Waals surface area (Å²) in [5, 5.41) is 2.68. The number of halogens is 2. The zero-order chi connectivity index (χ0) is 23.1. The number of hydrogen-bond acceptors (Lipinski definition) is 6. The summed E-state index contributed by atoms with van der Waals surface area (Å²) in [7, 11) is -4.24. The van der Waals surface area contributed by atoms with E-state index in [1.807, 2.05) is 6.26 Å². The van der Waals surface area contributed by atoms with Crippen molar-refractivity contribution in [2.75, 3.05) is 25.3 Å². The van der Waals surface area contributed by atoms with Gasteiger partial charge in [-0.05, 0) is 54.7 Å². The summed E-state index contributed by atoms with van der Waals surface area (Å²) in [6.45, 7) is 0.434. The predicted molar refractivity (Wildman–Crippen MR) is 117 cm³/mol. The normalized spacial score (nSPS) is 14.3. The maximum absolute atomic E-state index is 14.0. The Hall–Kier alpha value is -2.21. The number of hydrogen-bond donors (Lipinski definition) is 2. The van der Waals surface area contributed by atoms with Crippen molar-refractivity contribution in [3.63, 3.8) is 0 Å². The summed E-state index contributed by atoms with van der Waals surface area (Å²) < 4.78 is 66.0. The van der Waals surface area contributed by atoms with Crippen LogP contribution < -0.4 is 14.8 Å². The average Bonchev–Trinajstić information content (AvgIpc) is 2.76. The van der Waals surface area contributed by atoms with Crippen molar-refractivity contribution in [1.82, 2.24) is 10.0 Å². The van der Waals surface area contributed by atoms with Gasteiger partial charge in [-0.2, -0.15) is 16.5 Å². The number of ether oxygens (including phenoxy) is 2. The number of sulfonamides is 1. The van der Waals surface area contributed by atoms with E-state index in [0.29, 0.717) is 22.6 Å². The van der Waals surface area contributed by atoms with Crippen LogP contribution in [0.2, 0.25) is 0 Å². The molecule has 2 aromatic carbocycles. The number of fused-ring (bicyclic) bond motifs is 1. The van der Waals surface area contributed by atoms with Gasteiger partial charge in [0.25, 0.3) is 0 Å². The van der Waals surface area contributed by atoms with Crippen LogP contribution in [0.1, 0.15) is 17.5 Å². The van der Waals surface area contributed by atoms with Gasteiger partial charge in [-0.25, -0.2) is 17.2 Å². The van der Waals surface area contributed by atoms with Crippen molar-refractivity contribution in [3.8, 4) is 5.75 Å². The molecule has 32 heavy (non-hydrogen) atoms. The molecule has 0 aromatic heterocycles. The Bertz CT molecular complexity index is 1070. The maximum atomic E-state index is 14.0. The summed E-state index contributed by atoms with van der Waals surface area (Å²) in [5.41, 5.74) is 1.17. The van der Waals surface area contributed by atoms with Gasteiger partial charge in [0.2, 0.25) is 15.9 Å². The lowest BCUT2D eigenvalue weighted by Gasteiger charge is -2.21. The van der Waals surface area contributed by atoms with Gasteiger partial charge in [0.05, 0.1) is 6.61 Å². The number of carbonyl (C=O) groups is 1. The minimum absolute atomic E-state index is 0.0621. The van der Waals surface area contributed by atoms with Gasteiger partial charge < -0.3 is 14.8 Å². The molecule has 1 atom stereocenters. The summed E-state index contributed by atoms with van der Waals surface area (Å²) in [6, 6.07) is 6.55. The number of benzene rings is 2. The number of thioether (sulfide) groups is 1. The first kappa shape index (κ1) is 24.4. The van der Waals surface area contributed by atoms with Crippen LogP contribution in [0, 0.1) is 11.6 Å². The molecule has 0 bridgehead atoms. The van der Waals surface area contributed by atoms with Gasteiger partial charge >= 0.3 is 0 Å². The maximum Gasteiger partial charge on any atom is 0.244 e. The highest BCUT2D eigenvalue weighted by molar-refractivity contribution is 7.98. The quantitative estimate of drug-likeness (QED) is 0.536. The Balaban J connectivity index is 1.67. The minimum Gasteiger partial charge on any atom is -0.467 e. The topological polar surface area (TPSA) is 93.7 Å². The molecule has 1 heterocycles. The van der Waals surface area contributed by atoms with Crippen LogP contribution in [-0.2, 0) is 32.6 Å². The second-order valence-corrected chi connectivity index (χ2v) is 9.76. The molecule has 1 aliphatic rings. The van der Waals surface area contributed by atoms with Gasteiger partial charge in [0.1, 0.15) is 28.3 Å². The van der Waals surface area contributed by atoms with E-state index < -0.39 is 38.5 Å². The number of carbonyl (C=O) groups excluding carboxylic acids is 1. The van der Waals surface area contributed by atoms with Gasteiger partial charge in [-0.15, -0.1) is 0 Å². The SMILES string of the molecule is CSCCC(NS(=O)(=O)c1ccccc1F)C(=O)NCCc1cc(F)cc2c1OCOC2. The van der Waals surface area contributed by atoms with Crippen LogP contribution in [0.4, 0.5) is 8.78 Å². The first-order valence-electron chi connectivity index (χ1n) is 9.87. The third-order valence-corrected chi connectivity index (χ3v) is 6.94. The predicted octanol–water partition coefficient (Wildman–Crippen LogP) is 2.59. The highest BCUT2D eigenvalue weighted by Gasteiger charge is 2.27. The van der Waals surface area contributed by atoms with E-state index in [1.54, 1.807) is 0 Å². The van der Waals surface area contributed by atoms with Crippen molar-refractivity contribution < 1.29 is 31.5 Å². The molecule has 3 rings (SSSR count). The first-order chi connectivity index (χ1) is 15.3. The Kier molecular flexibility index (Phi) is 8.46. The second kappa shape index (κ2) is 11.1. The zero-order valence-electron chi connectivity index (χ0n) is 17.4. The second-order valence-electron chi connectivity index (χ2n) is 7.09. The van der Waals surface area contributed by atoms with Crippen LogP contribution in [-0.4, -0.2) is 45.7 Å². The van der Waals surface area contributed by atoms with E-state index in [0.717, 1.165) is 12.1 Å². The minimum atomic E-state index is -4.24. The third-order valence-electron chi connectivity index (χ3n) is 4.80. The van der Waals surface area contributed by atoms with Crippen LogP contribution >= 0.6 is 11.8 Å². The molecule has 2 aromatic rings. The zero-order valence-corrected chi connectivity index (χ0v) is 19.0. The van der Waals surface area contributed by atoms with Crippen molar-refractivity contribution in [1.29, 1.82) is 0 Å². The first-order valence-corrected chi connectivity index (χ1v) is 12.7. The molecule has 2 N–H and O–H groups in total. The molecule has 0 aliphatic carbocycles. The summed E-state index contributed by atoms with van der Waals surface area (Å²) in [6.07, 6.45) is 2.33. The highest BCUT2D eigenvalue weighted by Crippen LogP contribution is 2.29. The molecule has 11 heteroatoms. The molecule has 0 radical (unpaired) electrons. The third kappa shape index (κ3) is 6.18. The lowest BCUT2D eigenvalue weighted by molar-refractivity contribution is -0.122. The van der Waals surface area contributed by atoms with E-state index in [4.69, 9.17) is 9.47 Å². The monoisotopic (exact) mass is 486 g/mol. The molecule has 0 fully saturated rings. The van der Waals surface area contributed by atoms with Crippen LogP contribution in [0.3, 0.4) is 0 Å². The fourth-order valence-electron chi connectivity index (χ4n) is 3.28. The largest absolute Gasteiger partial charge is 0.467 e. The van der Waals surface area contributed by atoms with E-state index in [-0.39, 0.29) is 32.8 Å². The van der Waals surface area contributed by atoms with E-state index in [2.05, 4.69) is 10.0 Å². The van der Waals surface area contributed by atoms with E-state index in [1.165, 1.54) is 36.0 Å². The fourth-order valence-corrected chi connectivity index (χ4v) is 5.06. The lowest BCUT2D eigenvalue weighted by atomic mass is 10.1. The number of amides is 1. The van der Waals surface area contributed by atoms with Crippen LogP contribution in [0.25, 0.3) is 0 Å². The molecule has 1 amide bonds. The van der Waals surface area contributed by atoms with E-state index >= 15 is 0 Å². The fraction of sp³-hybridized carbons (Fsp3) is 0.381.